The van der Waals surface area contributed by atoms with Crippen LogP contribution in [0.3, 0.4) is 0 Å². The summed E-state index contributed by atoms with van der Waals surface area (Å²) in [4.78, 5) is 36.7. The summed E-state index contributed by atoms with van der Waals surface area (Å²) in [6, 6.07) is 5.46. The first-order valence-electron chi connectivity index (χ1n) is 8.84. The average Bonchev–Trinajstić information content (AvgIpc) is 2.64. The van der Waals surface area contributed by atoms with Gasteiger partial charge in [-0.3, -0.25) is 19.1 Å². The van der Waals surface area contributed by atoms with E-state index in [1.54, 1.807) is 25.8 Å². The second-order valence-electron chi connectivity index (χ2n) is 7.49. The maximum Gasteiger partial charge on any atom is 0.329 e. The monoisotopic (exact) mass is 442 g/mol. The summed E-state index contributed by atoms with van der Waals surface area (Å²) in [5.74, 6) is -1.80. The van der Waals surface area contributed by atoms with Gasteiger partial charge < -0.3 is 10.5 Å². The summed E-state index contributed by atoms with van der Waals surface area (Å²) in [7, 11) is -4.21. The van der Waals surface area contributed by atoms with E-state index in [0.29, 0.717) is 10.8 Å². The van der Waals surface area contributed by atoms with Crippen molar-refractivity contribution in [1.29, 1.82) is 0 Å². The molecule has 2 aromatic rings. The summed E-state index contributed by atoms with van der Waals surface area (Å²) < 4.78 is 46.4. The van der Waals surface area contributed by atoms with E-state index in [1.807, 2.05) is 0 Å². The molecule has 3 N–H and O–H groups in total. The Labute approximate surface area is 172 Å². The molecule has 0 saturated heterocycles. The van der Waals surface area contributed by atoms with Gasteiger partial charge in [-0.25, -0.2) is 13.2 Å². The molecular weight excluding hydrogens is 419 g/mol. The summed E-state index contributed by atoms with van der Waals surface area (Å²) >= 11 is 0. The first kappa shape index (κ1) is 23.3. The number of nitrogens with one attached hydrogen (secondary N) is 1. The van der Waals surface area contributed by atoms with Crippen LogP contribution in [0.15, 0.2) is 44.9 Å². The van der Waals surface area contributed by atoms with E-state index in [9.17, 15) is 27.2 Å². The Morgan fingerprint density at radius 3 is 2.57 bits per heavy atom. The number of sulfonamides is 1. The van der Waals surface area contributed by atoms with E-state index >= 15 is 0 Å². The van der Waals surface area contributed by atoms with Crippen LogP contribution < -0.4 is 17.0 Å². The number of carbonyl (C=O) groups is 1. The van der Waals surface area contributed by atoms with Crippen molar-refractivity contribution < 1.29 is 22.3 Å². The first-order valence-corrected chi connectivity index (χ1v) is 10.3. The number of anilines is 1. The molecule has 0 radical (unpaired) electrons. The van der Waals surface area contributed by atoms with Crippen LogP contribution in [0.2, 0.25) is 0 Å². The number of nitrogens with two attached hydrogens (primary N) is 1. The molecule has 0 aliphatic heterocycles. The molecule has 1 aromatic heterocycles. The highest BCUT2D eigenvalue weighted by atomic mass is 32.2. The lowest BCUT2D eigenvalue weighted by molar-refractivity contribution is -0.153. The highest BCUT2D eigenvalue weighted by Gasteiger charge is 2.28. The summed E-state index contributed by atoms with van der Waals surface area (Å²) in [5.41, 5.74) is 2.84. The van der Waals surface area contributed by atoms with Gasteiger partial charge >= 0.3 is 11.7 Å². The lowest BCUT2D eigenvalue weighted by atomic mass is 9.97. The third-order valence-corrected chi connectivity index (χ3v) is 5.79. The van der Waals surface area contributed by atoms with Gasteiger partial charge in [0.25, 0.3) is 5.56 Å². The molecule has 12 heteroatoms. The van der Waals surface area contributed by atoms with Gasteiger partial charge in [-0.05, 0) is 39.0 Å². The predicted octanol–water partition coefficient (Wildman–Crippen LogP) is 0.496. The van der Waals surface area contributed by atoms with Crippen molar-refractivity contribution in [2.24, 2.45) is 5.41 Å². The number of aromatic nitrogens is 2. The van der Waals surface area contributed by atoms with Crippen molar-refractivity contribution in [2.75, 3.05) is 18.9 Å². The standard InChI is InChI=1S/C18H23FN4O6S/c1-18(2,3)16(25)29-8-7-23(11-22-10-14(19)15(24)21-17(22)26)30(27,28)13-6-4-5-12(20)9-13/h4-6,9-10H,7-8,11,20H2,1-3H3,(H,21,24,26). The Hall–Kier alpha value is -2.99. The van der Waals surface area contributed by atoms with E-state index in [-0.39, 0.29) is 23.7 Å². The average molecular weight is 442 g/mol. The molecule has 0 amide bonds. The van der Waals surface area contributed by atoms with Gasteiger partial charge in [-0.15, -0.1) is 0 Å². The van der Waals surface area contributed by atoms with Gasteiger partial charge in [0, 0.05) is 5.69 Å². The zero-order chi connectivity index (χ0) is 22.7. The lowest BCUT2D eigenvalue weighted by Crippen LogP contribution is -2.41. The molecule has 0 bridgehead atoms. The smallest absolute Gasteiger partial charge is 0.329 e. The number of esters is 1. The van der Waals surface area contributed by atoms with Gasteiger partial charge in [-0.2, -0.15) is 8.70 Å². The molecule has 0 spiro atoms. The number of hydrogen-bond acceptors (Lipinski definition) is 7. The number of H-pyrrole nitrogens is 1. The fourth-order valence-corrected chi connectivity index (χ4v) is 3.73. The molecular formula is C18H23FN4O6S. The zero-order valence-electron chi connectivity index (χ0n) is 16.7. The molecule has 1 heterocycles. The van der Waals surface area contributed by atoms with Crippen LogP contribution in [0.1, 0.15) is 20.8 Å². The molecule has 164 valence electrons. The van der Waals surface area contributed by atoms with Crippen LogP contribution in [-0.2, 0) is 26.2 Å². The second-order valence-corrected chi connectivity index (χ2v) is 9.42. The predicted molar refractivity (Wildman–Crippen MR) is 106 cm³/mol. The number of rotatable bonds is 7. The van der Waals surface area contributed by atoms with Gasteiger partial charge in [0.1, 0.15) is 6.61 Å². The SMILES string of the molecule is CC(C)(C)C(=O)OCCN(Cn1cc(F)c(=O)[nH]c1=O)S(=O)(=O)c1cccc(N)c1. The minimum absolute atomic E-state index is 0.164. The van der Waals surface area contributed by atoms with Crippen LogP contribution in [0.4, 0.5) is 10.1 Å². The summed E-state index contributed by atoms with van der Waals surface area (Å²) in [6.45, 7) is 3.65. The second kappa shape index (κ2) is 8.79. The minimum Gasteiger partial charge on any atom is -0.464 e. The topological polar surface area (TPSA) is 145 Å². The Morgan fingerprint density at radius 2 is 1.97 bits per heavy atom. The number of benzene rings is 1. The van der Waals surface area contributed by atoms with Crippen molar-refractivity contribution in [3.63, 3.8) is 0 Å². The van der Waals surface area contributed by atoms with E-state index in [0.717, 1.165) is 4.31 Å². The number of hydrogen-bond donors (Lipinski definition) is 2. The highest BCUT2D eigenvalue weighted by molar-refractivity contribution is 7.89. The van der Waals surface area contributed by atoms with E-state index in [4.69, 9.17) is 10.5 Å². The molecule has 0 aliphatic rings. The Balaban J connectivity index is 2.37. The van der Waals surface area contributed by atoms with Crippen LogP contribution >= 0.6 is 0 Å². The molecule has 30 heavy (non-hydrogen) atoms. The summed E-state index contributed by atoms with van der Waals surface area (Å²) in [6.07, 6.45) is 0.601. The lowest BCUT2D eigenvalue weighted by Gasteiger charge is -2.24. The largest absolute Gasteiger partial charge is 0.464 e. The number of ether oxygens (including phenoxy) is 1. The number of nitrogen functional groups attached to an aromatic ring is 1. The van der Waals surface area contributed by atoms with Gasteiger partial charge in [0.2, 0.25) is 15.8 Å². The highest BCUT2D eigenvalue weighted by Crippen LogP contribution is 2.19. The van der Waals surface area contributed by atoms with Crippen molar-refractivity contribution in [3.05, 3.63) is 57.1 Å². The van der Waals surface area contributed by atoms with Crippen molar-refractivity contribution in [2.45, 2.75) is 32.3 Å². The quantitative estimate of drug-likeness (QED) is 0.469. The van der Waals surface area contributed by atoms with Crippen molar-refractivity contribution in [1.82, 2.24) is 13.9 Å². The molecule has 0 saturated carbocycles. The van der Waals surface area contributed by atoms with Crippen molar-refractivity contribution >= 4 is 21.7 Å². The minimum atomic E-state index is -4.21. The number of halogens is 1. The zero-order valence-corrected chi connectivity index (χ0v) is 17.5. The maximum absolute atomic E-state index is 13.6. The van der Waals surface area contributed by atoms with Gasteiger partial charge in [-0.1, -0.05) is 6.07 Å². The van der Waals surface area contributed by atoms with Gasteiger partial charge in [0.05, 0.1) is 29.7 Å². The Morgan fingerprint density at radius 1 is 1.30 bits per heavy atom. The summed E-state index contributed by atoms with van der Waals surface area (Å²) in [5, 5.41) is 0. The van der Waals surface area contributed by atoms with E-state index in [1.165, 1.54) is 24.3 Å². The molecule has 0 atom stereocenters. The van der Waals surface area contributed by atoms with Crippen molar-refractivity contribution in [3.8, 4) is 0 Å². The first-order chi connectivity index (χ1) is 13.8. The fourth-order valence-electron chi connectivity index (χ4n) is 2.31. The number of carbonyl (C=O) groups excluding carboxylic acids is 1. The van der Waals surface area contributed by atoms with Crippen LogP contribution in [0.25, 0.3) is 0 Å². The number of nitrogens with zero attached hydrogens (tertiary/aromatic N) is 2. The molecule has 2 rings (SSSR count). The third-order valence-electron chi connectivity index (χ3n) is 3.96. The fraction of sp³-hybridized carbons (Fsp3) is 0.389. The molecule has 0 unspecified atom stereocenters. The Bertz CT molecular complexity index is 1150. The maximum atomic E-state index is 13.6. The normalized spacial score (nSPS) is 12.2. The van der Waals surface area contributed by atoms with E-state index < -0.39 is 45.1 Å². The molecule has 10 nitrogen and oxygen atoms in total. The van der Waals surface area contributed by atoms with Crippen LogP contribution in [0, 0.1) is 11.2 Å². The molecule has 0 fully saturated rings. The number of aromatic amines is 1. The Kier molecular flexibility index (Phi) is 6.83. The van der Waals surface area contributed by atoms with Crippen LogP contribution in [-0.4, -0.2) is 41.4 Å². The van der Waals surface area contributed by atoms with E-state index in [2.05, 4.69) is 0 Å². The third kappa shape index (κ3) is 5.54. The molecule has 0 aliphatic carbocycles. The molecule has 1 aromatic carbocycles. The van der Waals surface area contributed by atoms with Gasteiger partial charge in [0.15, 0.2) is 0 Å². The van der Waals surface area contributed by atoms with Crippen LogP contribution in [0.5, 0.6) is 0 Å².